The molecule has 156 valence electrons. The first-order valence-electron chi connectivity index (χ1n) is 9.64. The van der Waals surface area contributed by atoms with Crippen molar-refractivity contribution in [2.24, 2.45) is 5.73 Å². The summed E-state index contributed by atoms with van der Waals surface area (Å²) in [5, 5.41) is -0.173. The lowest BCUT2D eigenvalue weighted by Gasteiger charge is -2.22. The second kappa shape index (κ2) is 7.38. The van der Waals surface area contributed by atoms with E-state index >= 15 is 4.39 Å². The molecular formula is C20H23F2N3O4. The van der Waals surface area contributed by atoms with Crippen LogP contribution in [0.1, 0.15) is 36.2 Å². The molecule has 1 aromatic heterocycles. The van der Waals surface area contributed by atoms with Crippen LogP contribution in [0.4, 0.5) is 14.5 Å². The summed E-state index contributed by atoms with van der Waals surface area (Å²) in [4.78, 5) is 26.5. The molecule has 2 N–H and O–H groups in total. The number of halogens is 2. The summed E-state index contributed by atoms with van der Waals surface area (Å²) in [7, 11) is 1.50. The summed E-state index contributed by atoms with van der Waals surface area (Å²) < 4.78 is 42.4. The zero-order valence-corrected chi connectivity index (χ0v) is 16.3. The van der Waals surface area contributed by atoms with Gasteiger partial charge in [-0.1, -0.05) is 0 Å². The van der Waals surface area contributed by atoms with E-state index in [2.05, 4.69) is 0 Å². The first-order chi connectivity index (χ1) is 13.9. The number of pyridine rings is 1. The number of esters is 1. The first kappa shape index (κ1) is 19.8. The summed E-state index contributed by atoms with van der Waals surface area (Å²) in [5.41, 5.74) is 4.81. The molecule has 1 aliphatic carbocycles. The second-order valence-corrected chi connectivity index (χ2v) is 7.49. The maximum atomic E-state index is 15.6. The number of carbonyl (C=O) groups excluding carboxylic acids is 1. The van der Waals surface area contributed by atoms with Gasteiger partial charge >= 0.3 is 5.97 Å². The van der Waals surface area contributed by atoms with E-state index in [1.165, 1.54) is 18.2 Å². The molecule has 2 atom stereocenters. The van der Waals surface area contributed by atoms with E-state index in [0.29, 0.717) is 0 Å². The normalized spacial score (nSPS) is 21.8. The predicted octanol–water partition coefficient (Wildman–Crippen LogP) is 1.95. The molecule has 0 spiro atoms. The molecule has 0 bridgehead atoms. The largest absolute Gasteiger partial charge is 0.462 e. The fourth-order valence-corrected chi connectivity index (χ4v) is 3.95. The Morgan fingerprint density at radius 3 is 2.62 bits per heavy atom. The monoisotopic (exact) mass is 407 g/mol. The molecule has 2 aromatic rings. The molecule has 29 heavy (non-hydrogen) atoms. The summed E-state index contributed by atoms with van der Waals surface area (Å²) in [6.07, 6.45) is 2.55. The second-order valence-electron chi connectivity index (χ2n) is 7.49. The molecule has 1 saturated carbocycles. The van der Waals surface area contributed by atoms with Gasteiger partial charge in [0.2, 0.25) is 5.43 Å². The zero-order chi connectivity index (χ0) is 20.9. The fraction of sp³-hybridized carbons (Fsp3) is 0.500. The minimum absolute atomic E-state index is 0.00335. The molecule has 7 nitrogen and oxygen atoms in total. The number of aromatic nitrogens is 1. The van der Waals surface area contributed by atoms with Crippen LogP contribution >= 0.6 is 0 Å². The SMILES string of the molecule is CCOC(=O)c1cn(C2CC2)c2c(F)c(N3C[C@@H](N)[C@@H](OC)C3)c(F)cc2c1=O. The summed E-state index contributed by atoms with van der Waals surface area (Å²) >= 11 is 0. The number of methoxy groups -OCH3 is 1. The molecule has 0 unspecified atom stereocenters. The Labute approximate surface area is 166 Å². The smallest absolute Gasteiger partial charge is 0.343 e. The number of ether oxygens (including phenoxy) is 2. The number of hydrogen-bond acceptors (Lipinski definition) is 6. The number of nitrogens with zero attached hydrogens (tertiary/aromatic N) is 2. The van der Waals surface area contributed by atoms with Crippen LogP contribution in [0.15, 0.2) is 17.1 Å². The summed E-state index contributed by atoms with van der Waals surface area (Å²) in [5.74, 6) is -2.50. The highest BCUT2D eigenvalue weighted by molar-refractivity contribution is 5.95. The topological polar surface area (TPSA) is 86.8 Å². The van der Waals surface area contributed by atoms with Crippen molar-refractivity contribution in [3.63, 3.8) is 0 Å². The van der Waals surface area contributed by atoms with Crippen LogP contribution in [0.5, 0.6) is 0 Å². The Kier molecular flexibility index (Phi) is 5.04. The van der Waals surface area contributed by atoms with Gasteiger partial charge in [-0.15, -0.1) is 0 Å². The van der Waals surface area contributed by atoms with Crippen LogP contribution in [0, 0.1) is 11.6 Å². The van der Waals surface area contributed by atoms with Gasteiger partial charge in [0.15, 0.2) is 5.82 Å². The van der Waals surface area contributed by atoms with Crippen LogP contribution < -0.4 is 16.1 Å². The first-order valence-corrected chi connectivity index (χ1v) is 9.64. The van der Waals surface area contributed by atoms with Crippen molar-refractivity contribution in [3.8, 4) is 0 Å². The van der Waals surface area contributed by atoms with E-state index in [1.54, 1.807) is 11.5 Å². The van der Waals surface area contributed by atoms with Gasteiger partial charge in [0.05, 0.1) is 29.7 Å². The van der Waals surface area contributed by atoms with Gasteiger partial charge in [0.25, 0.3) is 0 Å². The molecule has 2 fully saturated rings. The van der Waals surface area contributed by atoms with Crippen molar-refractivity contribution in [3.05, 3.63) is 39.7 Å². The Hall–Kier alpha value is -2.52. The van der Waals surface area contributed by atoms with Gasteiger partial charge in [-0.3, -0.25) is 4.79 Å². The Morgan fingerprint density at radius 2 is 2.03 bits per heavy atom. The predicted molar refractivity (Wildman–Crippen MR) is 103 cm³/mol. The van der Waals surface area contributed by atoms with Gasteiger partial charge in [-0.2, -0.15) is 0 Å². The van der Waals surface area contributed by atoms with Crippen molar-refractivity contribution in [2.75, 3.05) is 31.7 Å². The lowest BCUT2D eigenvalue weighted by molar-refractivity contribution is 0.0524. The maximum absolute atomic E-state index is 15.6. The average molecular weight is 407 g/mol. The number of benzene rings is 1. The van der Waals surface area contributed by atoms with E-state index in [-0.39, 0.29) is 60.0 Å². The number of nitrogens with two attached hydrogens (primary N) is 1. The Morgan fingerprint density at radius 1 is 1.31 bits per heavy atom. The molecular weight excluding hydrogens is 384 g/mol. The highest BCUT2D eigenvalue weighted by Gasteiger charge is 2.35. The standard InChI is InChI=1S/C20H23F2N3O4/c1-3-29-20(27)12-7-25(10-4-5-10)17-11(19(12)26)6-13(21)18(16(17)22)24-8-14(23)15(9-24)28-2/h6-7,10,14-15H,3-5,8-9,23H2,1-2H3/t14-,15+/m1/s1. The molecule has 1 aromatic carbocycles. The van der Waals surface area contributed by atoms with E-state index < -0.39 is 23.0 Å². The van der Waals surface area contributed by atoms with Crippen LogP contribution in [-0.2, 0) is 9.47 Å². The van der Waals surface area contributed by atoms with Crippen molar-refractivity contribution in [2.45, 2.75) is 38.0 Å². The van der Waals surface area contributed by atoms with E-state index in [1.807, 2.05) is 0 Å². The number of rotatable bonds is 5. The van der Waals surface area contributed by atoms with E-state index in [0.717, 1.165) is 18.9 Å². The van der Waals surface area contributed by atoms with Gasteiger partial charge in [-0.25, -0.2) is 13.6 Å². The number of hydrogen-bond donors (Lipinski definition) is 1. The Balaban J connectivity index is 1.92. The van der Waals surface area contributed by atoms with Gasteiger partial charge < -0.3 is 24.7 Å². The van der Waals surface area contributed by atoms with Crippen molar-refractivity contribution in [1.82, 2.24) is 4.57 Å². The lowest BCUT2D eigenvalue weighted by Crippen LogP contribution is -2.34. The van der Waals surface area contributed by atoms with E-state index in [9.17, 15) is 14.0 Å². The average Bonchev–Trinajstić information content (AvgIpc) is 3.45. The molecule has 9 heteroatoms. The van der Waals surface area contributed by atoms with Crippen molar-refractivity contribution < 1.29 is 23.0 Å². The van der Waals surface area contributed by atoms with Crippen LogP contribution in [0.3, 0.4) is 0 Å². The van der Waals surface area contributed by atoms with Crippen LogP contribution in [0.25, 0.3) is 10.9 Å². The third-order valence-electron chi connectivity index (χ3n) is 5.55. The number of carbonyl (C=O) groups is 1. The molecule has 2 heterocycles. The minimum atomic E-state index is -0.876. The lowest BCUT2D eigenvalue weighted by atomic mass is 10.1. The third-order valence-corrected chi connectivity index (χ3v) is 5.55. The molecule has 4 rings (SSSR count). The highest BCUT2D eigenvalue weighted by Crippen LogP contribution is 2.40. The number of fused-ring (bicyclic) bond motifs is 1. The molecule has 2 aliphatic rings. The summed E-state index contributed by atoms with van der Waals surface area (Å²) in [6.45, 7) is 2.19. The molecule has 1 aliphatic heterocycles. The number of anilines is 1. The summed E-state index contributed by atoms with van der Waals surface area (Å²) in [6, 6.07) is 0.571. The fourth-order valence-electron chi connectivity index (χ4n) is 3.95. The quantitative estimate of drug-likeness (QED) is 0.763. The molecule has 0 radical (unpaired) electrons. The van der Waals surface area contributed by atoms with E-state index in [4.69, 9.17) is 15.2 Å². The van der Waals surface area contributed by atoms with Crippen LogP contribution in [0.2, 0.25) is 0 Å². The minimum Gasteiger partial charge on any atom is -0.462 e. The Bertz CT molecular complexity index is 1030. The highest BCUT2D eigenvalue weighted by atomic mass is 19.1. The molecule has 0 amide bonds. The van der Waals surface area contributed by atoms with Crippen molar-refractivity contribution >= 4 is 22.6 Å². The zero-order valence-electron chi connectivity index (χ0n) is 16.3. The third kappa shape index (κ3) is 3.28. The van der Waals surface area contributed by atoms with Gasteiger partial charge in [0.1, 0.15) is 17.1 Å². The molecule has 1 saturated heterocycles. The maximum Gasteiger partial charge on any atom is 0.343 e. The van der Waals surface area contributed by atoms with Gasteiger partial charge in [-0.05, 0) is 25.8 Å². The van der Waals surface area contributed by atoms with Crippen LogP contribution in [-0.4, -0.2) is 49.5 Å². The van der Waals surface area contributed by atoms with Crippen molar-refractivity contribution in [1.29, 1.82) is 0 Å². The van der Waals surface area contributed by atoms with Gasteiger partial charge in [0, 0.05) is 32.4 Å².